The van der Waals surface area contributed by atoms with E-state index in [1.54, 1.807) is 30.5 Å². The standard InChI is InChI=1S/C32H27BrClF3N6O2/c33-24-9-11-28(25(18-24)31(45)41-39-19-22-6-10-27(34)26(17-22)32(35,36)37)40-30(44)23-7-4-21(5-8-23)20-42-13-15-43(16-14-42)29-3-1-2-12-38-29/h1-12,17-19H,13-16,20H2,(H,40,44)(H,41,45)/b39-19+. The number of amides is 2. The van der Waals surface area contributed by atoms with E-state index in [1.165, 1.54) is 12.1 Å². The topological polar surface area (TPSA) is 89.9 Å². The molecule has 4 aromatic rings. The highest BCUT2D eigenvalue weighted by Gasteiger charge is 2.33. The minimum absolute atomic E-state index is 0.0879. The number of carbonyl (C=O) groups excluding carboxylic acids is 2. The molecule has 1 aromatic heterocycles. The molecule has 13 heteroatoms. The van der Waals surface area contributed by atoms with Crippen LogP contribution in [0.25, 0.3) is 0 Å². The van der Waals surface area contributed by atoms with Crippen LogP contribution in [0.3, 0.4) is 0 Å². The van der Waals surface area contributed by atoms with Crippen molar-refractivity contribution >= 4 is 57.1 Å². The summed E-state index contributed by atoms with van der Waals surface area (Å²) in [7, 11) is 0. The maximum absolute atomic E-state index is 13.1. The number of benzene rings is 3. The number of hydrogen-bond acceptors (Lipinski definition) is 6. The third-order valence-corrected chi connectivity index (χ3v) is 7.94. The molecule has 3 aromatic carbocycles. The van der Waals surface area contributed by atoms with E-state index in [4.69, 9.17) is 11.6 Å². The lowest BCUT2D eigenvalue weighted by molar-refractivity contribution is -0.137. The average molecular weight is 700 g/mol. The normalized spacial score (nSPS) is 14.0. The molecule has 0 spiro atoms. The zero-order chi connectivity index (χ0) is 32.0. The van der Waals surface area contributed by atoms with E-state index in [0.717, 1.165) is 62.5 Å². The maximum Gasteiger partial charge on any atom is 0.417 e. The Hall–Kier alpha value is -4.26. The van der Waals surface area contributed by atoms with Gasteiger partial charge in [0.25, 0.3) is 11.8 Å². The first-order valence-electron chi connectivity index (χ1n) is 13.8. The Morgan fingerprint density at radius 3 is 2.40 bits per heavy atom. The monoisotopic (exact) mass is 698 g/mol. The second-order valence-corrected chi connectivity index (χ2v) is 11.6. The summed E-state index contributed by atoms with van der Waals surface area (Å²) in [6.07, 6.45) is -1.77. The fourth-order valence-corrected chi connectivity index (χ4v) is 5.36. The van der Waals surface area contributed by atoms with Gasteiger partial charge in [-0.05, 0) is 65.7 Å². The molecule has 1 aliphatic rings. The predicted octanol–water partition coefficient (Wildman–Crippen LogP) is 6.85. The van der Waals surface area contributed by atoms with Gasteiger partial charge in [0.1, 0.15) is 5.82 Å². The summed E-state index contributed by atoms with van der Waals surface area (Å²) in [6, 6.07) is 21.2. The van der Waals surface area contributed by atoms with Crippen molar-refractivity contribution in [3.8, 4) is 0 Å². The van der Waals surface area contributed by atoms with Crippen LogP contribution in [0.4, 0.5) is 24.7 Å². The molecule has 1 fully saturated rings. The van der Waals surface area contributed by atoms with Gasteiger partial charge < -0.3 is 10.2 Å². The summed E-state index contributed by atoms with van der Waals surface area (Å²) in [5, 5.41) is 6.10. The van der Waals surface area contributed by atoms with Gasteiger partial charge in [-0.25, -0.2) is 10.4 Å². The van der Waals surface area contributed by atoms with Crippen molar-refractivity contribution in [1.82, 2.24) is 15.3 Å². The number of aromatic nitrogens is 1. The number of hydrazone groups is 1. The summed E-state index contributed by atoms with van der Waals surface area (Å²) in [5.74, 6) is -0.106. The van der Waals surface area contributed by atoms with Gasteiger partial charge in [0.15, 0.2) is 0 Å². The van der Waals surface area contributed by atoms with E-state index in [9.17, 15) is 22.8 Å². The van der Waals surface area contributed by atoms with Crippen molar-refractivity contribution < 1.29 is 22.8 Å². The van der Waals surface area contributed by atoms with Gasteiger partial charge in [0.05, 0.1) is 28.1 Å². The van der Waals surface area contributed by atoms with Crippen LogP contribution in [0.15, 0.2) is 94.6 Å². The Kier molecular flexibility index (Phi) is 10.2. The molecule has 0 saturated carbocycles. The third-order valence-electron chi connectivity index (χ3n) is 7.12. The number of halogens is 5. The number of nitrogens with zero attached hydrogens (tertiary/aromatic N) is 4. The van der Waals surface area contributed by atoms with E-state index in [1.807, 2.05) is 30.3 Å². The van der Waals surface area contributed by atoms with Crippen LogP contribution in [0.2, 0.25) is 5.02 Å². The summed E-state index contributed by atoms with van der Waals surface area (Å²) < 4.78 is 40.0. The quantitative estimate of drug-likeness (QED) is 0.155. The molecule has 45 heavy (non-hydrogen) atoms. The van der Waals surface area contributed by atoms with Crippen molar-refractivity contribution in [2.24, 2.45) is 5.10 Å². The van der Waals surface area contributed by atoms with Crippen molar-refractivity contribution in [1.29, 1.82) is 0 Å². The maximum atomic E-state index is 13.1. The van der Waals surface area contributed by atoms with Crippen molar-refractivity contribution in [2.45, 2.75) is 12.7 Å². The molecule has 1 saturated heterocycles. The zero-order valence-electron chi connectivity index (χ0n) is 23.7. The van der Waals surface area contributed by atoms with Crippen LogP contribution in [0, 0.1) is 0 Å². The molecule has 2 N–H and O–H groups in total. The zero-order valence-corrected chi connectivity index (χ0v) is 26.0. The molecule has 0 aliphatic carbocycles. The van der Waals surface area contributed by atoms with Crippen LogP contribution in [0.5, 0.6) is 0 Å². The molecule has 1 aliphatic heterocycles. The second-order valence-electron chi connectivity index (χ2n) is 10.2. The molecule has 8 nitrogen and oxygen atoms in total. The number of rotatable bonds is 8. The predicted molar refractivity (Wildman–Crippen MR) is 172 cm³/mol. The number of pyridine rings is 1. The van der Waals surface area contributed by atoms with Gasteiger partial charge in [0, 0.05) is 49.0 Å². The fraction of sp³-hybridized carbons (Fsp3) is 0.188. The number of alkyl halides is 3. The van der Waals surface area contributed by atoms with Gasteiger partial charge in [-0.1, -0.05) is 51.8 Å². The smallest absolute Gasteiger partial charge is 0.354 e. The Balaban J connectivity index is 1.18. The number of anilines is 2. The van der Waals surface area contributed by atoms with Gasteiger partial charge in [-0.2, -0.15) is 18.3 Å². The second kappa shape index (κ2) is 14.2. The third kappa shape index (κ3) is 8.47. The molecular formula is C32H27BrClF3N6O2. The summed E-state index contributed by atoms with van der Waals surface area (Å²) in [6.45, 7) is 4.30. The van der Waals surface area contributed by atoms with E-state index in [2.05, 4.69) is 46.6 Å². The average Bonchev–Trinajstić information content (AvgIpc) is 3.03. The largest absolute Gasteiger partial charge is 0.417 e. The first-order valence-corrected chi connectivity index (χ1v) is 15.0. The van der Waals surface area contributed by atoms with Crippen LogP contribution in [0.1, 0.15) is 37.4 Å². The lowest BCUT2D eigenvalue weighted by Gasteiger charge is -2.35. The van der Waals surface area contributed by atoms with E-state index in [-0.39, 0.29) is 16.8 Å². The highest BCUT2D eigenvalue weighted by atomic mass is 79.9. The van der Waals surface area contributed by atoms with Gasteiger partial charge in [-0.3, -0.25) is 14.5 Å². The molecule has 0 unspecified atom stereocenters. The lowest BCUT2D eigenvalue weighted by Crippen LogP contribution is -2.46. The molecule has 232 valence electrons. The summed E-state index contributed by atoms with van der Waals surface area (Å²) in [5.41, 5.74) is 3.19. The molecular weight excluding hydrogens is 673 g/mol. The Labute approximate surface area is 271 Å². The molecule has 2 amide bonds. The molecule has 5 rings (SSSR count). The first kappa shape index (κ1) is 32.1. The van der Waals surface area contributed by atoms with Gasteiger partial charge in [-0.15, -0.1) is 0 Å². The molecule has 0 radical (unpaired) electrons. The number of hydrogen-bond donors (Lipinski definition) is 2. The lowest BCUT2D eigenvalue weighted by atomic mass is 10.1. The van der Waals surface area contributed by atoms with E-state index >= 15 is 0 Å². The van der Waals surface area contributed by atoms with Crippen molar-refractivity contribution in [3.63, 3.8) is 0 Å². The Bertz CT molecular complexity index is 1700. The summed E-state index contributed by atoms with van der Waals surface area (Å²) >= 11 is 8.97. The van der Waals surface area contributed by atoms with Crippen LogP contribution >= 0.6 is 27.5 Å². The van der Waals surface area contributed by atoms with Crippen LogP contribution in [-0.4, -0.2) is 54.1 Å². The Morgan fingerprint density at radius 2 is 1.71 bits per heavy atom. The van der Waals surface area contributed by atoms with E-state index in [0.29, 0.717) is 10.0 Å². The minimum Gasteiger partial charge on any atom is -0.354 e. The summed E-state index contributed by atoms with van der Waals surface area (Å²) in [4.78, 5) is 35.1. The van der Waals surface area contributed by atoms with Crippen LogP contribution < -0.4 is 15.6 Å². The van der Waals surface area contributed by atoms with Crippen LogP contribution in [-0.2, 0) is 12.7 Å². The van der Waals surface area contributed by atoms with Gasteiger partial charge >= 0.3 is 6.18 Å². The number of nitrogens with one attached hydrogen (secondary N) is 2. The highest BCUT2D eigenvalue weighted by molar-refractivity contribution is 9.10. The fourth-order valence-electron chi connectivity index (χ4n) is 4.77. The first-order chi connectivity index (χ1) is 21.6. The highest BCUT2D eigenvalue weighted by Crippen LogP contribution is 2.35. The molecule has 0 bridgehead atoms. The molecule has 2 heterocycles. The SMILES string of the molecule is O=C(Nc1ccc(Br)cc1C(=O)N/N=C/c1ccc(Cl)c(C(F)(F)F)c1)c1ccc(CN2CCN(c3ccccn3)CC2)cc1. The number of carbonyl (C=O) groups is 2. The van der Waals surface area contributed by atoms with E-state index < -0.39 is 28.6 Å². The molecule has 0 atom stereocenters. The van der Waals surface area contributed by atoms with Gasteiger partial charge in [0.2, 0.25) is 0 Å². The van der Waals surface area contributed by atoms with Crippen molar-refractivity contribution in [3.05, 3.63) is 122 Å². The minimum atomic E-state index is -4.63. The Morgan fingerprint density at radius 1 is 0.956 bits per heavy atom. The van der Waals surface area contributed by atoms with Crippen molar-refractivity contribution in [2.75, 3.05) is 36.4 Å². The number of piperazine rings is 1.